The van der Waals surface area contributed by atoms with E-state index in [1.165, 1.54) is 0 Å². The molecule has 7 heteroatoms. The molecule has 2 N–H and O–H groups in total. The summed E-state index contributed by atoms with van der Waals surface area (Å²) in [6.45, 7) is 5.80. The number of nitrogens with one attached hydrogen (secondary N) is 1. The highest BCUT2D eigenvalue weighted by molar-refractivity contribution is 9.10. The first-order valence-electron chi connectivity index (χ1n) is 8.38. The highest BCUT2D eigenvalue weighted by atomic mass is 79.9. The van der Waals surface area contributed by atoms with Crippen LogP contribution in [0.25, 0.3) is 10.8 Å². The molecule has 1 aliphatic heterocycles. The van der Waals surface area contributed by atoms with Crippen molar-refractivity contribution < 1.29 is 19.4 Å². The smallest absolute Gasteiger partial charge is 0.408 e. The number of hydrogen-bond acceptors (Lipinski definition) is 4. The van der Waals surface area contributed by atoms with E-state index in [4.69, 9.17) is 4.74 Å². The summed E-state index contributed by atoms with van der Waals surface area (Å²) in [6, 6.07) is 8.12. The van der Waals surface area contributed by atoms with Crippen LogP contribution in [0.2, 0.25) is 0 Å². The Kier molecular flexibility index (Phi) is 4.84. The molecular weight excluding hydrogens is 400 g/mol. The second-order valence-electron chi connectivity index (χ2n) is 7.27. The van der Waals surface area contributed by atoms with Gasteiger partial charge in [-0.25, -0.2) is 4.79 Å². The van der Waals surface area contributed by atoms with Gasteiger partial charge in [-0.1, -0.05) is 15.9 Å². The van der Waals surface area contributed by atoms with Crippen LogP contribution in [0.15, 0.2) is 34.8 Å². The van der Waals surface area contributed by atoms with Gasteiger partial charge in [-0.05, 0) is 62.9 Å². The summed E-state index contributed by atoms with van der Waals surface area (Å²) in [7, 11) is 0. The lowest BCUT2D eigenvalue weighted by atomic mass is 10.1. The van der Waals surface area contributed by atoms with Crippen LogP contribution in [0.3, 0.4) is 0 Å². The van der Waals surface area contributed by atoms with Crippen molar-refractivity contribution >= 4 is 44.4 Å². The minimum Gasteiger partial charge on any atom is -0.508 e. The second kappa shape index (κ2) is 6.79. The molecule has 1 unspecified atom stereocenters. The van der Waals surface area contributed by atoms with Gasteiger partial charge in [0.05, 0.1) is 5.69 Å². The molecule has 138 valence electrons. The number of carbonyl (C=O) groups is 2. The Morgan fingerprint density at radius 3 is 2.69 bits per heavy atom. The summed E-state index contributed by atoms with van der Waals surface area (Å²) in [5.41, 5.74) is 0.0859. The maximum Gasteiger partial charge on any atom is 0.408 e. The average molecular weight is 421 g/mol. The number of fused-ring (bicyclic) bond motifs is 1. The average Bonchev–Trinajstić information content (AvgIpc) is 2.87. The number of aromatic hydroxyl groups is 1. The van der Waals surface area contributed by atoms with E-state index >= 15 is 0 Å². The fraction of sp³-hybridized carbons (Fsp3) is 0.368. The Balaban J connectivity index is 1.85. The number of anilines is 1. The SMILES string of the molecule is CC(C)(C)OC(=O)NC1CCN(c2ccc(Br)c3ccc(O)cc23)C1=O. The van der Waals surface area contributed by atoms with Crippen LogP contribution in [0.1, 0.15) is 27.2 Å². The van der Waals surface area contributed by atoms with Gasteiger partial charge >= 0.3 is 6.09 Å². The number of phenolic OH excluding ortho intramolecular Hbond substituents is 1. The Morgan fingerprint density at radius 1 is 1.27 bits per heavy atom. The molecule has 2 aromatic rings. The Labute approximate surface area is 160 Å². The predicted molar refractivity (Wildman–Crippen MR) is 103 cm³/mol. The molecule has 0 spiro atoms. The number of benzene rings is 2. The van der Waals surface area contributed by atoms with E-state index in [9.17, 15) is 14.7 Å². The van der Waals surface area contributed by atoms with Gasteiger partial charge in [-0.15, -0.1) is 0 Å². The molecule has 2 amide bonds. The lowest BCUT2D eigenvalue weighted by molar-refractivity contribution is -0.118. The van der Waals surface area contributed by atoms with Gasteiger partial charge in [0.25, 0.3) is 0 Å². The standard InChI is InChI=1S/C19H21BrN2O4/c1-19(2,3)26-18(25)21-15-8-9-22(17(15)24)16-7-6-14(20)12-5-4-11(23)10-13(12)16/h4-7,10,15,23H,8-9H2,1-3H3,(H,21,25). The summed E-state index contributed by atoms with van der Waals surface area (Å²) < 4.78 is 6.11. The van der Waals surface area contributed by atoms with Crippen LogP contribution in [0.4, 0.5) is 10.5 Å². The lowest BCUT2D eigenvalue weighted by Gasteiger charge is -2.22. The first-order valence-corrected chi connectivity index (χ1v) is 9.17. The number of halogens is 1. The summed E-state index contributed by atoms with van der Waals surface area (Å²) in [4.78, 5) is 26.4. The number of carbonyl (C=O) groups excluding carboxylic acids is 2. The van der Waals surface area contributed by atoms with Gasteiger partial charge in [-0.3, -0.25) is 4.79 Å². The van der Waals surface area contributed by atoms with E-state index in [0.29, 0.717) is 18.7 Å². The van der Waals surface area contributed by atoms with E-state index in [2.05, 4.69) is 21.2 Å². The van der Waals surface area contributed by atoms with E-state index in [-0.39, 0.29) is 11.7 Å². The fourth-order valence-electron chi connectivity index (χ4n) is 3.02. The molecule has 26 heavy (non-hydrogen) atoms. The molecule has 1 heterocycles. The molecule has 1 aliphatic rings. The fourth-order valence-corrected chi connectivity index (χ4v) is 3.50. The summed E-state index contributed by atoms with van der Waals surface area (Å²) in [6.07, 6.45) is -0.106. The first-order chi connectivity index (χ1) is 12.2. The Hall–Kier alpha value is -2.28. The zero-order chi connectivity index (χ0) is 19.1. The van der Waals surface area contributed by atoms with Crippen LogP contribution >= 0.6 is 15.9 Å². The molecule has 0 bridgehead atoms. The molecule has 2 aromatic carbocycles. The molecule has 0 aliphatic carbocycles. The molecule has 1 fully saturated rings. The molecule has 0 aromatic heterocycles. The van der Waals surface area contributed by atoms with E-state index in [1.807, 2.05) is 12.1 Å². The quantitative estimate of drug-likeness (QED) is 0.770. The van der Waals surface area contributed by atoms with Gasteiger partial charge < -0.3 is 20.1 Å². The van der Waals surface area contributed by atoms with E-state index in [0.717, 1.165) is 15.2 Å². The largest absolute Gasteiger partial charge is 0.508 e. The molecule has 1 atom stereocenters. The summed E-state index contributed by atoms with van der Waals surface area (Å²) in [5.74, 6) is -0.0604. The molecular formula is C19H21BrN2O4. The van der Waals surface area contributed by atoms with Gasteiger partial charge in [-0.2, -0.15) is 0 Å². The van der Waals surface area contributed by atoms with Crippen LogP contribution in [-0.2, 0) is 9.53 Å². The van der Waals surface area contributed by atoms with Crippen molar-refractivity contribution in [3.63, 3.8) is 0 Å². The number of alkyl carbamates (subject to hydrolysis) is 1. The van der Waals surface area contributed by atoms with Crippen molar-refractivity contribution in [1.29, 1.82) is 0 Å². The second-order valence-corrected chi connectivity index (χ2v) is 8.13. The van der Waals surface area contributed by atoms with Crippen LogP contribution in [-0.4, -0.2) is 35.3 Å². The number of nitrogens with zero attached hydrogens (tertiary/aromatic N) is 1. The third-order valence-electron chi connectivity index (χ3n) is 4.11. The van der Waals surface area contributed by atoms with Crippen molar-refractivity contribution in [1.82, 2.24) is 5.32 Å². The van der Waals surface area contributed by atoms with Crippen LogP contribution < -0.4 is 10.2 Å². The van der Waals surface area contributed by atoms with E-state index < -0.39 is 17.7 Å². The predicted octanol–water partition coefficient (Wildman–Crippen LogP) is 3.94. The van der Waals surface area contributed by atoms with Crippen molar-refractivity contribution in [2.75, 3.05) is 11.4 Å². The number of hydrogen-bond donors (Lipinski definition) is 2. The van der Waals surface area contributed by atoms with Gasteiger partial charge in [0.1, 0.15) is 17.4 Å². The maximum absolute atomic E-state index is 12.8. The summed E-state index contributed by atoms with van der Waals surface area (Å²) in [5, 5.41) is 14.2. The number of ether oxygens (including phenoxy) is 1. The van der Waals surface area contributed by atoms with Crippen molar-refractivity contribution in [2.24, 2.45) is 0 Å². The summed E-state index contributed by atoms with van der Waals surface area (Å²) >= 11 is 3.49. The number of rotatable bonds is 2. The van der Waals surface area contributed by atoms with Crippen molar-refractivity contribution in [3.8, 4) is 5.75 Å². The zero-order valence-electron chi connectivity index (χ0n) is 14.9. The van der Waals surface area contributed by atoms with Gasteiger partial charge in [0.15, 0.2) is 0 Å². The molecule has 0 saturated carbocycles. The first kappa shape index (κ1) is 18.5. The normalized spacial score (nSPS) is 17.6. The Morgan fingerprint density at radius 2 is 2.00 bits per heavy atom. The van der Waals surface area contributed by atoms with Crippen LogP contribution in [0.5, 0.6) is 5.75 Å². The van der Waals surface area contributed by atoms with Crippen molar-refractivity contribution in [3.05, 3.63) is 34.8 Å². The number of phenols is 1. The van der Waals surface area contributed by atoms with Gasteiger partial charge in [0, 0.05) is 16.4 Å². The maximum atomic E-state index is 12.8. The molecule has 1 saturated heterocycles. The zero-order valence-corrected chi connectivity index (χ0v) is 16.5. The molecule has 6 nitrogen and oxygen atoms in total. The van der Waals surface area contributed by atoms with Crippen molar-refractivity contribution in [2.45, 2.75) is 38.8 Å². The number of amides is 2. The molecule has 3 rings (SSSR count). The van der Waals surface area contributed by atoms with E-state index in [1.54, 1.807) is 43.9 Å². The lowest BCUT2D eigenvalue weighted by Crippen LogP contribution is -2.43. The Bertz CT molecular complexity index is 876. The highest BCUT2D eigenvalue weighted by Gasteiger charge is 2.35. The minimum absolute atomic E-state index is 0.131. The molecule has 0 radical (unpaired) electrons. The third kappa shape index (κ3) is 3.77. The highest BCUT2D eigenvalue weighted by Crippen LogP contribution is 2.36. The van der Waals surface area contributed by atoms with Gasteiger partial charge in [0.2, 0.25) is 5.91 Å². The minimum atomic E-state index is -0.624. The monoisotopic (exact) mass is 420 g/mol. The topological polar surface area (TPSA) is 78.9 Å². The third-order valence-corrected chi connectivity index (χ3v) is 4.80. The van der Waals surface area contributed by atoms with Crippen LogP contribution in [0, 0.1) is 0 Å².